The average molecular weight is 414 g/mol. The zero-order valence-electron chi connectivity index (χ0n) is 16.8. The first-order valence-corrected chi connectivity index (χ1v) is 10.1. The number of ether oxygens (including phenoxy) is 2. The van der Waals surface area contributed by atoms with Gasteiger partial charge in [-0.2, -0.15) is 5.10 Å². The second kappa shape index (κ2) is 8.49. The lowest BCUT2D eigenvalue weighted by molar-refractivity contribution is 0.0764. The highest BCUT2D eigenvalue weighted by molar-refractivity contribution is 5.79. The van der Waals surface area contributed by atoms with Gasteiger partial charge in [0.05, 0.1) is 18.8 Å². The Bertz CT molecular complexity index is 1220. The second-order valence-corrected chi connectivity index (χ2v) is 7.29. The van der Waals surface area contributed by atoms with Crippen LogP contribution in [0.1, 0.15) is 11.1 Å². The van der Waals surface area contributed by atoms with Crippen molar-refractivity contribution >= 4 is 11.5 Å². The predicted molar refractivity (Wildman–Crippen MR) is 117 cm³/mol. The highest BCUT2D eigenvalue weighted by Crippen LogP contribution is 2.28. The minimum Gasteiger partial charge on any atom is -0.462 e. The third kappa shape index (κ3) is 3.95. The molecule has 5 rings (SSSR count). The summed E-state index contributed by atoms with van der Waals surface area (Å²) in [6, 6.07) is 19.7. The van der Waals surface area contributed by atoms with Gasteiger partial charge in [-0.15, -0.1) is 0 Å². The third-order valence-corrected chi connectivity index (χ3v) is 5.29. The molecule has 0 saturated heterocycles. The SMILES string of the molecule is OCc1ccccc1-c1cnn2ccc(NC(Cc3ccccc3)C3=COCO3)nc12. The lowest BCUT2D eigenvalue weighted by atomic mass is 10.0. The maximum absolute atomic E-state index is 9.73. The molecule has 0 radical (unpaired) electrons. The standard InChI is InChI=1S/C24H22N4O3/c29-14-18-8-4-5-9-19(18)20-13-25-28-11-10-23(27-24(20)28)26-21(22-15-30-16-31-22)12-17-6-2-1-3-7-17/h1-11,13,15,21,29H,12,14,16H2,(H,26,27). The molecule has 31 heavy (non-hydrogen) atoms. The third-order valence-electron chi connectivity index (χ3n) is 5.29. The molecule has 1 aliphatic heterocycles. The van der Waals surface area contributed by atoms with E-state index in [4.69, 9.17) is 14.5 Å². The Hall–Kier alpha value is -3.84. The van der Waals surface area contributed by atoms with E-state index >= 15 is 0 Å². The van der Waals surface area contributed by atoms with E-state index in [0.29, 0.717) is 11.5 Å². The van der Waals surface area contributed by atoms with Crippen molar-refractivity contribution in [2.24, 2.45) is 0 Å². The molecule has 0 saturated carbocycles. The summed E-state index contributed by atoms with van der Waals surface area (Å²) in [6.07, 6.45) is 6.03. The van der Waals surface area contributed by atoms with Gasteiger partial charge >= 0.3 is 0 Å². The van der Waals surface area contributed by atoms with Crippen LogP contribution in [0.3, 0.4) is 0 Å². The fourth-order valence-electron chi connectivity index (χ4n) is 3.75. The topological polar surface area (TPSA) is 80.9 Å². The largest absolute Gasteiger partial charge is 0.462 e. The summed E-state index contributed by atoms with van der Waals surface area (Å²) >= 11 is 0. The first-order chi connectivity index (χ1) is 15.3. The molecule has 7 heteroatoms. The van der Waals surface area contributed by atoms with Gasteiger partial charge in [-0.25, -0.2) is 9.50 Å². The van der Waals surface area contributed by atoms with Crippen LogP contribution in [-0.2, 0) is 22.5 Å². The number of nitrogens with zero attached hydrogens (tertiary/aromatic N) is 3. The van der Waals surface area contributed by atoms with Crippen LogP contribution in [-0.4, -0.2) is 32.5 Å². The van der Waals surface area contributed by atoms with E-state index in [1.807, 2.05) is 54.7 Å². The molecule has 2 aromatic heterocycles. The van der Waals surface area contributed by atoms with Crippen molar-refractivity contribution in [1.29, 1.82) is 0 Å². The Labute approximate surface area is 179 Å². The maximum atomic E-state index is 9.73. The first kappa shape index (κ1) is 19.1. The molecule has 2 N–H and O–H groups in total. The Morgan fingerprint density at radius 2 is 1.87 bits per heavy atom. The molecule has 0 aliphatic carbocycles. The van der Waals surface area contributed by atoms with Crippen LogP contribution in [0, 0.1) is 0 Å². The molecule has 7 nitrogen and oxygen atoms in total. The van der Waals surface area contributed by atoms with E-state index in [1.54, 1.807) is 17.0 Å². The Morgan fingerprint density at radius 3 is 2.68 bits per heavy atom. The van der Waals surface area contributed by atoms with Crippen LogP contribution >= 0.6 is 0 Å². The number of benzene rings is 2. The van der Waals surface area contributed by atoms with Gasteiger partial charge in [-0.1, -0.05) is 54.6 Å². The molecule has 0 bridgehead atoms. The van der Waals surface area contributed by atoms with Crippen LogP contribution in [0.2, 0.25) is 0 Å². The second-order valence-electron chi connectivity index (χ2n) is 7.29. The Balaban J connectivity index is 1.49. The van der Waals surface area contributed by atoms with E-state index in [0.717, 1.165) is 28.9 Å². The van der Waals surface area contributed by atoms with Gasteiger partial charge in [-0.05, 0) is 29.2 Å². The quantitative estimate of drug-likeness (QED) is 0.479. The lowest BCUT2D eigenvalue weighted by Gasteiger charge is -2.19. The van der Waals surface area contributed by atoms with Crippen molar-refractivity contribution in [1.82, 2.24) is 14.6 Å². The summed E-state index contributed by atoms with van der Waals surface area (Å²) in [5.74, 6) is 1.44. The highest BCUT2D eigenvalue weighted by Gasteiger charge is 2.22. The fraction of sp³-hybridized carbons (Fsp3) is 0.167. The van der Waals surface area contributed by atoms with E-state index in [9.17, 15) is 5.11 Å². The van der Waals surface area contributed by atoms with Gasteiger partial charge in [0.25, 0.3) is 0 Å². The molecule has 1 unspecified atom stereocenters. The van der Waals surface area contributed by atoms with E-state index in [-0.39, 0.29) is 19.4 Å². The van der Waals surface area contributed by atoms with Crippen molar-refractivity contribution in [3.05, 3.63) is 96.2 Å². The summed E-state index contributed by atoms with van der Waals surface area (Å²) in [6.45, 7) is 0.176. The van der Waals surface area contributed by atoms with Crippen LogP contribution in [0.25, 0.3) is 16.8 Å². The number of aliphatic hydroxyl groups is 1. The summed E-state index contributed by atoms with van der Waals surface area (Å²) in [5.41, 5.74) is 4.51. The van der Waals surface area contributed by atoms with E-state index in [1.165, 1.54) is 5.56 Å². The maximum Gasteiger partial charge on any atom is 0.229 e. The average Bonchev–Trinajstić information content (AvgIpc) is 3.49. The van der Waals surface area contributed by atoms with Crippen LogP contribution in [0.4, 0.5) is 5.82 Å². The van der Waals surface area contributed by atoms with Gasteiger partial charge < -0.3 is 19.9 Å². The molecular weight excluding hydrogens is 392 g/mol. The van der Waals surface area contributed by atoms with Crippen LogP contribution < -0.4 is 5.32 Å². The van der Waals surface area contributed by atoms with Crippen molar-refractivity contribution < 1.29 is 14.6 Å². The smallest absolute Gasteiger partial charge is 0.229 e. The zero-order valence-corrected chi connectivity index (χ0v) is 16.8. The Morgan fingerprint density at radius 1 is 1.03 bits per heavy atom. The number of hydrogen-bond donors (Lipinski definition) is 2. The van der Waals surface area contributed by atoms with Gasteiger partial charge in [0.15, 0.2) is 11.4 Å². The summed E-state index contributed by atoms with van der Waals surface area (Å²) in [4.78, 5) is 4.82. The molecular formula is C24H22N4O3. The molecule has 3 heterocycles. The van der Waals surface area contributed by atoms with Crippen LogP contribution in [0.15, 0.2) is 85.1 Å². The number of aromatic nitrogens is 3. The number of rotatable bonds is 7. The highest BCUT2D eigenvalue weighted by atomic mass is 16.7. The number of fused-ring (bicyclic) bond motifs is 1. The molecule has 0 spiro atoms. The van der Waals surface area contributed by atoms with Gasteiger partial charge in [0.2, 0.25) is 6.79 Å². The molecule has 2 aromatic carbocycles. The van der Waals surface area contributed by atoms with Crippen LogP contribution in [0.5, 0.6) is 0 Å². The van der Waals surface area contributed by atoms with Crippen molar-refractivity contribution in [3.63, 3.8) is 0 Å². The van der Waals surface area contributed by atoms with E-state index in [2.05, 4.69) is 22.5 Å². The number of anilines is 1. The van der Waals surface area contributed by atoms with Gasteiger partial charge in [0, 0.05) is 11.8 Å². The predicted octanol–water partition coefficient (Wildman–Crippen LogP) is 3.76. The molecule has 1 atom stereocenters. The molecule has 1 aliphatic rings. The monoisotopic (exact) mass is 414 g/mol. The Kier molecular flexibility index (Phi) is 5.24. The minimum atomic E-state index is -0.129. The molecule has 156 valence electrons. The number of nitrogens with one attached hydrogen (secondary N) is 1. The molecule has 4 aromatic rings. The molecule has 0 amide bonds. The number of hydrogen-bond acceptors (Lipinski definition) is 6. The van der Waals surface area contributed by atoms with Crippen molar-refractivity contribution in [3.8, 4) is 11.1 Å². The zero-order chi connectivity index (χ0) is 21.0. The summed E-state index contributed by atoms with van der Waals surface area (Å²) in [7, 11) is 0. The van der Waals surface area contributed by atoms with E-state index < -0.39 is 0 Å². The minimum absolute atomic E-state index is 0.0455. The molecule has 0 fully saturated rings. The van der Waals surface area contributed by atoms with Gasteiger partial charge in [-0.3, -0.25) is 0 Å². The summed E-state index contributed by atoms with van der Waals surface area (Å²) in [5, 5.41) is 17.6. The normalized spacial score (nSPS) is 14.0. The number of aliphatic hydroxyl groups excluding tert-OH is 1. The van der Waals surface area contributed by atoms with Gasteiger partial charge in [0.1, 0.15) is 12.1 Å². The first-order valence-electron chi connectivity index (χ1n) is 10.1. The fourth-order valence-corrected chi connectivity index (χ4v) is 3.75. The lowest BCUT2D eigenvalue weighted by Crippen LogP contribution is -2.26. The van der Waals surface area contributed by atoms with Crippen molar-refractivity contribution in [2.75, 3.05) is 12.1 Å². The van der Waals surface area contributed by atoms with Crippen molar-refractivity contribution in [2.45, 2.75) is 19.1 Å². The summed E-state index contributed by atoms with van der Waals surface area (Å²) < 4.78 is 12.7.